The number of carbonyl (C=O) groups is 1. The van der Waals surface area contributed by atoms with E-state index >= 15 is 0 Å². The van der Waals surface area contributed by atoms with Crippen LogP contribution in [0, 0.1) is 17.0 Å². The number of piperazine rings is 1. The molecule has 1 aliphatic heterocycles. The molecular formula is C20H26N4O3S. The second-order valence-electron chi connectivity index (χ2n) is 7.02. The molecule has 0 saturated carbocycles. The van der Waals surface area contributed by atoms with Gasteiger partial charge in [0, 0.05) is 45.3 Å². The van der Waals surface area contributed by atoms with E-state index in [4.69, 9.17) is 0 Å². The number of thiophene rings is 1. The summed E-state index contributed by atoms with van der Waals surface area (Å²) in [5.74, 6) is -0.228. The van der Waals surface area contributed by atoms with Crippen molar-refractivity contribution >= 4 is 22.9 Å². The molecule has 150 valence electrons. The number of nitro groups is 1. The van der Waals surface area contributed by atoms with E-state index in [0.29, 0.717) is 16.3 Å². The first-order valence-electron chi connectivity index (χ1n) is 9.54. The molecule has 28 heavy (non-hydrogen) atoms. The van der Waals surface area contributed by atoms with Crippen LogP contribution in [0.1, 0.15) is 26.5 Å². The van der Waals surface area contributed by atoms with Gasteiger partial charge in [0.2, 0.25) is 0 Å². The van der Waals surface area contributed by atoms with E-state index in [1.807, 2.05) is 6.07 Å². The highest BCUT2D eigenvalue weighted by Gasteiger charge is 2.20. The predicted molar refractivity (Wildman–Crippen MR) is 111 cm³/mol. The van der Waals surface area contributed by atoms with E-state index in [1.165, 1.54) is 23.0 Å². The SMILES string of the molecule is Cc1sc(C(=O)NCCCN2CCN(Cc3ccccc3)CC2)cc1[N+](=O)[O-]. The third-order valence-corrected chi connectivity index (χ3v) is 6.00. The van der Waals surface area contributed by atoms with E-state index in [0.717, 1.165) is 45.7 Å². The van der Waals surface area contributed by atoms with E-state index in [2.05, 4.69) is 39.4 Å². The maximum atomic E-state index is 12.2. The number of nitrogens with zero attached hydrogens (tertiary/aromatic N) is 3. The lowest BCUT2D eigenvalue weighted by molar-refractivity contribution is -0.385. The van der Waals surface area contributed by atoms with Crippen LogP contribution in [-0.4, -0.2) is 59.9 Å². The minimum Gasteiger partial charge on any atom is -0.351 e. The zero-order valence-corrected chi connectivity index (χ0v) is 16.9. The van der Waals surface area contributed by atoms with Gasteiger partial charge < -0.3 is 10.2 Å². The first-order chi connectivity index (χ1) is 13.5. The van der Waals surface area contributed by atoms with Gasteiger partial charge in [-0.1, -0.05) is 30.3 Å². The fourth-order valence-electron chi connectivity index (χ4n) is 3.37. The second-order valence-corrected chi connectivity index (χ2v) is 8.28. The second kappa shape index (κ2) is 9.77. The summed E-state index contributed by atoms with van der Waals surface area (Å²) in [6, 6.07) is 11.9. The number of aryl methyl sites for hydroxylation is 1. The minimum atomic E-state index is -0.444. The van der Waals surface area contributed by atoms with Gasteiger partial charge in [-0.05, 0) is 25.5 Å². The largest absolute Gasteiger partial charge is 0.351 e. The average molecular weight is 403 g/mol. The monoisotopic (exact) mass is 402 g/mol. The van der Waals surface area contributed by atoms with Crippen LogP contribution in [0.5, 0.6) is 0 Å². The molecule has 0 radical (unpaired) electrons. The van der Waals surface area contributed by atoms with Crippen molar-refractivity contribution in [2.45, 2.75) is 19.9 Å². The van der Waals surface area contributed by atoms with Gasteiger partial charge in [0.1, 0.15) is 0 Å². The Bertz CT molecular complexity index is 801. The number of hydrogen-bond donors (Lipinski definition) is 1. The van der Waals surface area contributed by atoms with Crippen LogP contribution in [0.15, 0.2) is 36.4 Å². The molecule has 0 unspecified atom stereocenters. The van der Waals surface area contributed by atoms with Crippen molar-refractivity contribution < 1.29 is 9.72 Å². The molecule has 0 spiro atoms. The Balaban J connectivity index is 1.33. The van der Waals surface area contributed by atoms with Crippen LogP contribution in [-0.2, 0) is 6.54 Å². The van der Waals surface area contributed by atoms with Gasteiger partial charge in [-0.15, -0.1) is 11.3 Å². The lowest BCUT2D eigenvalue weighted by Crippen LogP contribution is -2.46. The average Bonchev–Trinajstić information content (AvgIpc) is 3.09. The summed E-state index contributed by atoms with van der Waals surface area (Å²) in [5.41, 5.74) is 1.37. The summed E-state index contributed by atoms with van der Waals surface area (Å²) in [6.45, 7) is 8.37. The zero-order chi connectivity index (χ0) is 19.9. The highest BCUT2D eigenvalue weighted by molar-refractivity contribution is 7.14. The molecule has 0 aliphatic carbocycles. The Labute approximate surface area is 169 Å². The van der Waals surface area contributed by atoms with Gasteiger partial charge in [0.15, 0.2) is 0 Å². The van der Waals surface area contributed by atoms with Gasteiger partial charge in [0.05, 0.1) is 14.7 Å². The van der Waals surface area contributed by atoms with Crippen molar-refractivity contribution in [2.24, 2.45) is 0 Å². The van der Waals surface area contributed by atoms with Crippen LogP contribution in [0.25, 0.3) is 0 Å². The fraction of sp³-hybridized carbons (Fsp3) is 0.450. The molecule has 8 heteroatoms. The van der Waals surface area contributed by atoms with Crippen LogP contribution in [0.3, 0.4) is 0 Å². The predicted octanol–water partition coefficient (Wildman–Crippen LogP) is 2.90. The van der Waals surface area contributed by atoms with Crippen LogP contribution < -0.4 is 5.32 Å². The Morgan fingerprint density at radius 1 is 1.18 bits per heavy atom. The lowest BCUT2D eigenvalue weighted by Gasteiger charge is -2.34. The van der Waals surface area contributed by atoms with E-state index in [9.17, 15) is 14.9 Å². The molecule has 0 bridgehead atoms. The summed E-state index contributed by atoms with van der Waals surface area (Å²) >= 11 is 1.17. The molecule has 1 fully saturated rings. The van der Waals surface area contributed by atoms with Crippen LogP contribution >= 0.6 is 11.3 Å². The standard InChI is InChI=1S/C20H26N4O3S/c1-16-18(24(26)27)14-19(28-16)20(25)21-8-5-9-22-10-12-23(13-11-22)15-17-6-3-2-4-7-17/h2-4,6-7,14H,5,8-13,15H2,1H3,(H,21,25). The highest BCUT2D eigenvalue weighted by Crippen LogP contribution is 2.27. The van der Waals surface area contributed by atoms with Gasteiger partial charge in [-0.25, -0.2) is 0 Å². The van der Waals surface area contributed by atoms with Gasteiger partial charge in [-0.3, -0.25) is 19.8 Å². The number of nitrogens with one attached hydrogen (secondary N) is 1. The number of rotatable bonds is 8. The smallest absolute Gasteiger partial charge is 0.283 e. The van der Waals surface area contributed by atoms with Crippen molar-refractivity contribution in [3.05, 3.63) is 61.8 Å². The molecule has 3 rings (SSSR count). The van der Waals surface area contributed by atoms with Gasteiger partial charge >= 0.3 is 0 Å². The first kappa shape index (κ1) is 20.4. The Kier molecular flexibility index (Phi) is 7.13. The van der Waals surface area contributed by atoms with Crippen molar-refractivity contribution in [1.29, 1.82) is 0 Å². The van der Waals surface area contributed by atoms with E-state index in [1.54, 1.807) is 6.92 Å². The molecule has 2 aromatic rings. The number of amides is 1. The highest BCUT2D eigenvalue weighted by atomic mass is 32.1. The van der Waals surface area contributed by atoms with E-state index < -0.39 is 4.92 Å². The molecule has 1 saturated heterocycles. The quantitative estimate of drug-likeness (QED) is 0.417. The van der Waals surface area contributed by atoms with Gasteiger partial charge in [0.25, 0.3) is 11.6 Å². The Morgan fingerprint density at radius 2 is 1.86 bits per heavy atom. The summed E-state index contributed by atoms with van der Waals surface area (Å²) in [7, 11) is 0. The summed E-state index contributed by atoms with van der Waals surface area (Å²) in [5, 5.41) is 13.8. The zero-order valence-electron chi connectivity index (χ0n) is 16.1. The normalized spacial score (nSPS) is 15.5. The minimum absolute atomic E-state index is 0.0172. The number of hydrogen-bond acceptors (Lipinski definition) is 6. The molecule has 1 aromatic heterocycles. The van der Waals surface area contributed by atoms with Crippen molar-refractivity contribution in [3.63, 3.8) is 0 Å². The van der Waals surface area contributed by atoms with Crippen LogP contribution in [0.2, 0.25) is 0 Å². The molecule has 1 aliphatic rings. The molecule has 7 nitrogen and oxygen atoms in total. The summed E-state index contributed by atoms with van der Waals surface area (Å²) in [6.07, 6.45) is 0.872. The van der Waals surface area contributed by atoms with E-state index in [-0.39, 0.29) is 11.6 Å². The first-order valence-corrected chi connectivity index (χ1v) is 10.4. The van der Waals surface area contributed by atoms with Gasteiger partial charge in [-0.2, -0.15) is 0 Å². The molecular weight excluding hydrogens is 376 g/mol. The maximum Gasteiger partial charge on any atom is 0.283 e. The molecule has 1 aromatic carbocycles. The van der Waals surface area contributed by atoms with Crippen molar-refractivity contribution in [1.82, 2.24) is 15.1 Å². The third-order valence-electron chi connectivity index (χ3n) is 4.96. The topological polar surface area (TPSA) is 78.7 Å². The molecule has 1 amide bonds. The maximum absolute atomic E-state index is 12.2. The molecule has 1 N–H and O–H groups in total. The fourth-order valence-corrected chi connectivity index (χ4v) is 4.27. The lowest BCUT2D eigenvalue weighted by atomic mass is 10.2. The Morgan fingerprint density at radius 3 is 2.50 bits per heavy atom. The van der Waals surface area contributed by atoms with Crippen molar-refractivity contribution in [3.8, 4) is 0 Å². The molecule has 2 heterocycles. The molecule has 0 atom stereocenters. The summed E-state index contributed by atoms with van der Waals surface area (Å²) < 4.78 is 0. The summed E-state index contributed by atoms with van der Waals surface area (Å²) in [4.78, 5) is 28.5. The number of carbonyl (C=O) groups excluding carboxylic acids is 1. The third kappa shape index (κ3) is 5.60. The Hall–Kier alpha value is -2.29. The number of benzene rings is 1. The van der Waals surface area contributed by atoms with Crippen molar-refractivity contribution in [2.75, 3.05) is 39.3 Å². The van der Waals surface area contributed by atoms with Crippen LogP contribution in [0.4, 0.5) is 5.69 Å².